The maximum atomic E-state index is 11.8. The molecule has 1 atom stereocenters. The van der Waals surface area contributed by atoms with Crippen LogP contribution in [-0.2, 0) is 11.3 Å². The van der Waals surface area contributed by atoms with Crippen molar-refractivity contribution in [3.05, 3.63) is 48.6 Å². The molecule has 0 spiro atoms. The highest BCUT2D eigenvalue weighted by Gasteiger charge is 2.04. The highest BCUT2D eigenvalue weighted by Crippen LogP contribution is 2.07. The fourth-order valence-electron chi connectivity index (χ4n) is 2.84. The first-order valence-electron chi connectivity index (χ1n) is 9.45. The van der Waals surface area contributed by atoms with Gasteiger partial charge in [0, 0.05) is 24.9 Å². The van der Waals surface area contributed by atoms with E-state index in [2.05, 4.69) is 49.3 Å². The Labute approximate surface area is 148 Å². The zero-order chi connectivity index (χ0) is 17.5. The van der Waals surface area contributed by atoms with E-state index in [1.165, 1.54) is 29.7 Å². The number of carbonyl (C=O) groups excluding carboxylic acids is 1. The molecule has 3 nitrogen and oxygen atoms in total. The lowest BCUT2D eigenvalue weighted by molar-refractivity contribution is -0.893. The number of rotatable bonds is 14. The van der Waals surface area contributed by atoms with Gasteiger partial charge < -0.3 is 10.2 Å². The summed E-state index contributed by atoms with van der Waals surface area (Å²) < 4.78 is 0. The molecule has 24 heavy (non-hydrogen) atoms. The van der Waals surface area contributed by atoms with E-state index in [9.17, 15) is 4.79 Å². The predicted molar refractivity (Wildman–Crippen MR) is 102 cm³/mol. The summed E-state index contributed by atoms with van der Waals surface area (Å²) in [5.74, 6) is 0.210. The molecule has 1 amide bonds. The predicted octanol–water partition coefficient (Wildman–Crippen LogP) is 3.12. The summed E-state index contributed by atoms with van der Waals surface area (Å²) in [7, 11) is 2.21. The molecule has 1 aromatic rings. The maximum absolute atomic E-state index is 11.8. The summed E-state index contributed by atoms with van der Waals surface area (Å²) in [6, 6.07) is 10.6. The zero-order valence-electron chi connectivity index (χ0n) is 15.4. The van der Waals surface area contributed by atoms with Crippen LogP contribution in [0.4, 0.5) is 0 Å². The van der Waals surface area contributed by atoms with Crippen molar-refractivity contribution in [1.82, 2.24) is 5.32 Å². The molecule has 2 N–H and O–H groups in total. The van der Waals surface area contributed by atoms with Crippen molar-refractivity contribution < 1.29 is 9.69 Å². The number of amides is 1. The minimum Gasteiger partial charge on any atom is -0.356 e. The van der Waals surface area contributed by atoms with E-state index in [0.29, 0.717) is 6.42 Å². The summed E-state index contributed by atoms with van der Waals surface area (Å²) in [6.45, 7) is 6.65. The highest BCUT2D eigenvalue weighted by atomic mass is 16.1. The molecule has 0 saturated heterocycles. The van der Waals surface area contributed by atoms with Crippen molar-refractivity contribution in [1.29, 1.82) is 0 Å². The third kappa shape index (κ3) is 11.0. The lowest BCUT2D eigenvalue weighted by atomic mass is 10.1. The van der Waals surface area contributed by atoms with Crippen LogP contribution in [0.5, 0.6) is 0 Å². The summed E-state index contributed by atoms with van der Waals surface area (Å²) in [4.78, 5) is 13.3. The molecule has 0 fully saturated rings. The molecule has 0 radical (unpaired) electrons. The Morgan fingerprint density at radius 3 is 2.54 bits per heavy atom. The van der Waals surface area contributed by atoms with E-state index >= 15 is 0 Å². The molecule has 0 saturated carbocycles. The van der Waals surface area contributed by atoms with E-state index in [-0.39, 0.29) is 5.91 Å². The molecule has 0 bridgehead atoms. The van der Waals surface area contributed by atoms with Gasteiger partial charge in [-0.2, -0.15) is 0 Å². The van der Waals surface area contributed by atoms with Crippen LogP contribution in [0.1, 0.15) is 56.9 Å². The second-order valence-electron chi connectivity index (χ2n) is 6.67. The topological polar surface area (TPSA) is 33.5 Å². The molecular formula is C21H35N2O+. The molecule has 1 rings (SSSR count). The molecule has 0 aliphatic carbocycles. The SMILES string of the molecule is C=CCCCCCCCC(=O)NCCC[NH+](C)Cc1ccccc1. The molecule has 0 aliphatic heterocycles. The van der Waals surface area contributed by atoms with Gasteiger partial charge in [-0.1, -0.05) is 55.7 Å². The molecule has 1 aromatic carbocycles. The van der Waals surface area contributed by atoms with Gasteiger partial charge in [0.05, 0.1) is 13.6 Å². The number of nitrogens with one attached hydrogen (secondary N) is 2. The Morgan fingerprint density at radius 1 is 1.08 bits per heavy atom. The lowest BCUT2D eigenvalue weighted by Crippen LogP contribution is -3.07. The van der Waals surface area contributed by atoms with Gasteiger partial charge in [0.25, 0.3) is 0 Å². The van der Waals surface area contributed by atoms with Crippen molar-refractivity contribution in [3.63, 3.8) is 0 Å². The summed E-state index contributed by atoms with van der Waals surface area (Å²) in [5, 5.41) is 3.05. The molecular weight excluding hydrogens is 296 g/mol. The van der Waals surface area contributed by atoms with Gasteiger partial charge >= 0.3 is 0 Å². The Bertz CT molecular complexity index is 444. The van der Waals surface area contributed by atoms with Crippen LogP contribution in [0, 0.1) is 0 Å². The molecule has 0 aliphatic rings. The number of hydrogen-bond donors (Lipinski definition) is 2. The third-order valence-corrected chi connectivity index (χ3v) is 4.26. The smallest absolute Gasteiger partial charge is 0.219 e. The quantitative estimate of drug-likeness (QED) is 0.398. The fourth-order valence-corrected chi connectivity index (χ4v) is 2.84. The second kappa shape index (κ2) is 13.8. The number of quaternary nitrogens is 1. The molecule has 0 heterocycles. The summed E-state index contributed by atoms with van der Waals surface area (Å²) >= 11 is 0. The maximum Gasteiger partial charge on any atom is 0.219 e. The number of benzene rings is 1. The van der Waals surface area contributed by atoms with Crippen LogP contribution < -0.4 is 10.2 Å². The Morgan fingerprint density at radius 2 is 1.79 bits per heavy atom. The van der Waals surface area contributed by atoms with Gasteiger partial charge in [0.15, 0.2) is 0 Å². The molecule has 134 valence electrons. The van der Waals surface area contributed by atoms with Crippen molar-refractivity contribution in [3.8, 4) is 0 Å². The van der Waals surface area contributed by atoms with Crippen LogP contribution >= 0.6 is 0 Å². The monoisotopic (exact) mass is 331 g/mol. The second-order valence-corrected chi connectivity index (χ2v) is 6.67. The Kier molecular flexibility index (Phi) is 11.7. The molecule has 1 unspecified atom stereocenters. The minimum atomic E-state index is 0.210. The van der Waals surface area contributed by atoms with Gasteiger partial charge in [-0.25, -0.2) is 0 Å². The van der Waals surface area contributed by atoms with Crippen LogP contribution in [0.25, 0.3) is 0 Å². The Balaban J connectivity index is 1.94. The van der Waals surface area contributed by atoms with E-state index in [4.69, 9.17) is 0 Å². The van der Waals surface area contributed by atoms with Gasteiger partial charge in [-0.3, -0.25) is 4.79 Å². The number of hydrogen-bond acceptors (Lipinski definition) is 1. The van der Waals surface area contributed by atoms with Crippen molar-refractivity contribution in [2.24, 2.45) is 0 Å². The lowest BCUT2D eigenvalue weighted by Gasteiger charge is -2.14. The molecule has 0 aromatic heterocycles. The summed E-state index contributed by atoms with van der Waals surface area (Å²) in [5.41, 5.74) is 1.37. The largest absolute Gasteiger partial charge is 0.356 e. The minimum absolute atomic E-state index is 0.210. The number of allylic oxidation sites excluding steroid dienone is 1. The van der Waals surface area contributed by atoms with Gasteiger partial charge in [-0.15, -0.1) is 6.58 Å². The average molecular weight is 332 g/mol. The first-order chi connectivity index (χ1) is 11.7. The fraction of sp³-hybridized carbons (Fsp3) is 0.571. The third-order valence-electron chi connectivity index (χ3n) is 4.26. The average Bonchev–Trinajstić information content (AvgIpc) is 2.59. The normalized spacial score (nSPS) is 11.9. The van der Waals surface area contributed by atoms with E-state index in [1.54, 1.807) is 0 Å². The van der Waals surface area contributed by atoms with E-state index < -0.39 is 0 Å². The van der Waals surface area contributed by atoms with Gasteiger partial charge in [-0.05, 0) is 19.3 Å². The van der Waals surface area contributed by atoms with Crippen molar-refractivity contribution >= 4 is 5.91 Å². The van der Waals surface area contributed by atoms with Crippen molar-refractivity contribution in [2.75, 3.05) is 20.1 Å². The molecule has 3 heteroatoms. The number of unbranched alkanes of at least 4 members (excludes halogenated alkanes) is 5. The highest BCUT2D eigenvalue weighted by molar-refractivity contribution is 5.75. The van der Waals surface area contributed by atoms with Crippen LogP contribution in [0.15, 0.2) is 43.0 Å². The van der Waals surface area contributed by atoms with E-state index in [1.807, 2.05) is 6.08 Å². The first kappa shape index (κ1) is 20.4. The van der Waals surface area contributed by atoms with Crippen LogP contribution in [-0.4, -0.2) is 26.0 Å². The van der Waals surface area contributed by atoms with Crippen LogP contribution in [0.2, 0.25) is 0 Å². The standard InChI is InChI=1S/C21H34N2O/c1-3-4-5-6-7-8-12-16-21(24)22-17-13-18-23(2)19-20-14-10-9-11-15-20/h3,9-11,14-15H,1,4-8,12-13,16-19H2,2H3,(H,22,24)/p+1. The number of carbonyl (C=O) groups is 1. The summed E-state index contributed by atoms with van der Waals surface area (Å²) in [6.07, 6.45) is 10.7. The first-order valence-corrected chi connectivity index (χ1v) is 9.45. The van der Waals surface area contributed by atoms with Crippen LogP contribution in [0.3, 0.4) is 0 Å². The Hall–Kier alpha value is -1.61. The van der Waals surface area contributed by atoms with Gasteiger partial charge in [0.2, 0.25) is 5.91 Å². The van der Waals surface area contributed by atoms with Crippen molar-refractivity contribution in [2.45, 2.75) is 57.9 Å². The van der Waals surface area contributed by atoms with Gasteiger partial charge in [0.1, 0.15) is 6.54 Å². The zero-order valence-corrected chi connectivity index (χ0v) is 15.4. The van der Waals surface area contributed by atoms with E-state index in [0.717, 1.165) is 45.3 Å².